The van der Waals surface area contributed by atoms with Crippen LogP contribution in [-0.4, -0.2) is 6.54 Å². The molecule has 1 unspecified atom stereocenters. The molecule has 0 aliphatic heterocycles. The van der Waals surface area contributed by atoms with E-state index in [0.717, 1.165) is 24.5 Å². The van der Waals surface area contributed by atoms with Crippen molar-refractivity contribution in [2.45, 2.75) is 26.3 Å². The van der Waals surface area contributed by atoms with E-state index < -0.39 is 0 Å². The van der Waals surface area contributed by atoms with E-state index in [2.05, 4.69) is 60.8 Å². The molecule has 1 atom stereocenters. The van der Waals surface area contributed by atoms with Crippen LogP contribution in [0.5, 0.6) is 0 Å². The van der Waals surface area contributed by atoms with Crippen LogP contribution in [-0.2, 0) is 0 Å². The molecule has 21 heavy (non-hydrogen) atoms. The monoisotopic (exact) mass is 279 g/mol. The van der Waals surface area contributed by atoms with Crippen molar-refractivity contribution in [2.24, 2.45) is 0 Å². The van der Waals surface area contributed by atoms with E-state index in [1.807, 2.05) is 13.0 Å². The van der Waals surface area contributed by atoms with Gasteiger partial charge in [-0.1, -0.05) is 43.3 Å². The standard InChI is InChI=1S/C19H21NO/c1-3-12-20-19(18-11-8-14(2)21-18)17-10-9-15-6-4-5-7-16(15)13-17/h4-11,13,19-20H,3,12H2,1-2H3. The minimum Gasteiger partial charge on any atom is -0.464 e. The van der Waals surface area contributed by atoms with Crippen molar-refractivity contribution < 1.29 is 4.42 Å². The van der Waals surface area contributed by atoms with Crippen molar-refractivity contribution in [1.82, 2.24) is 5.32 Å². The molecule has 0 saturated heterocycles. The molecule has 2 aromatic carbocycles. The van der Waals surface area contributed by atoms with Gasteiger partial charge in [0.15, 0.2) is 0 Å². The average Bonchev–Trinajstić information content (AvgIpc) is 2.94. The topological polar surface area (TPSA) is 25.2 Å². The van der Waals surface area contributed by atoms with Crippen LogP contribution in [0.2, 0.25) is 0 Å². The van der Waals surface area contributed by atoms with Gasteiger partial charge >= 0.3 is 0 Å². The van der Waals surface area contributed by atoms with Crippen molar-refractivity contribution in [1.29, 1.82) is 0 Å². The number of hydrogen-bond donors (Lipinski definition) is 1. The minimum atomic E-state index is 0.114. The number of furan rings is 1. The molecule has 0 saturated carbocycles. The second-order valence-corrected chi connectivity index (χ2v) is 5.44. The number of benzene rings is 2. The van der Waals surface area contributed by atoms with Crippen LogP contribution >= 0.6 is 0 Å². The smallest absolute Gasteiger partial charge is 0.125 e. The van der Waals surface area contributed by atoms with Gasteiger partial charge in [0, 0.05) is 0 Å². The summed E-state index contributed by atoms with van der Waals surface area (Å²) >= 11 is 0. The molecule has 2 heteroatoms. The molecule has 3 aromatic rings. The molecular weight excluding hydrogens is 258 g/mol. The summed E-state index contributed by atoms with van der Waals surface area (Å²) in [5.74, 6) is 1.94. The van der Waals surface area contributed by atoms with E-state index in [9.17, 15) is 0 Å². The van der Waals surface area contributed by atoms with Crippen LogP contribution in [0.15, 0.2) is 59.0 Å². The first-order chi connectivity index (χ1) is 10.3. The Hall–Kier alpha value is -2.06. The Morgan fingerprint density at radius 3 is 2.52 bits per heavy atom. The van der Waals surface area contributed by atoms with Crippen LogP contribution in [0.25, 0.3) is 10.8 Å². The Bertz CT molecular complexity index is 729. The maximum absolute atomic E-state index is 5.85. The highest BCUT2D eigenvalue weighted by molar-refractivity contribution is 5.83. The van der Waals surface area contributed by atoms with Crippen LogP contribution in [0.1, 0.15) is 36.5 Å². The minimum absolute atomic E-state index is 0.114. The lowest BCUT2D eigenvalue weighted by Crippen LogP contribution is -2.22. The van der Waals surface area contributed by atoms with Gasteiger partial charge in [-0.25, -0.2) is 0 Å². The third kappa shape index (κ3) is 3.01. The van der Waals surface area contributed by atoms with E-state index in [1.54, 1.807) is 0 Å². The lowest BCUT2D eigenvalue weighted by Gasteiger charge is -2.17. The molecule has 0 radical (unpaired) electrons. The van der Waals surface area contributed by atoms with Crippen LogP contribution in [0, 0.1) is 6.92 Å². The predicted octanol–water partition coefficient (Wildman–Crippen LogP) is 4.83. The molecule has 0 amide bonds. The summed E-state index contributed by atoms with van der Waals surface area (Å²) in [4.78, 5) is 0. The summed E-state index contributed by atoms with van der Waals surface area (Å²) in [6.45, 7) is 5.13. The highest BCUT2D eigenvalue weighted by Gasteiger charge is 2.17. The van der Waals surface area contributed by atoms with Gasteiger partial charge in [-0.05, 0) is 54.4 Å². The van der Waals surface area contributed by atoms with Crippen LogP contribution in [0.4, 0.5) is 0 Å². The molecule has 1 N–H and O–H groups in total. The Balaban J connectivity index is 2.00. The van der Waals surface area contributed by atoms with Gasteiger partial charge in [0.25, 0.3) is 0 Å². The Labute approximate surface area is 125 Å². The lowest BCUT2D eigenvalue weighted by atomic mass is 10.00. The third-order valence-corrected chi connectivity index (χ3v) is 3.75. The summed E-state index contributed by atoms with van der Waals surface area (Å²) in [7, 11) is 0. The molecule has 3 rings (SSSR count). The normalized spacial score (nSPS) is 12.7. The summed E-state index contributed by atoms with van der Waals surface area (Å²) in [5.41, 5.74) is 1.25. The van der Waals surface area contributed by atoms with Crippen LogP contribution < -0.4 is 5.32 Å². The largest absolute Gasteiger partial charge is 0.464 e. The quantitative estimate of drug-likeness (QED) is 0.723. The van der Waals surface area contributed by atoms with E-state index in [4.69, 9.17) is 4.42 Å². The van der Waals surface area contributed by atoms with Gasteiger partial charge in [0.1, 0.15) is 11.5 Å². The number of rotatable bonds is 5. The summed E-state index contributed by atoms with van der Waals surface area (Å²) in [5, 5.41) is 6.12. The fourth-order valence-corrected chi connectivity index (χ4v) is 2.67. The predicted molar refractivity (Wildman–Crippen MR) is 87.5 cm³/mol. The Kier molecular flexibility index (Phi) is 4.07. The molecule has 0 fully saturated rings. The maximum Gasteiger partial charge on any atom is 0.125 e. The molecule has 1 heterocycles. The zero-order valence-corrected chi connectivity index (χ0v) is 12.6. The number of nitrogens with one attached hydrogen (secondary N) is 1. The first-order valence-corrected chi connectivity index (χ1v) is 7.56. The van der Waals surface area contributed by atoms with E-state index >= 15 is 0 Å². The van der Waals surface area contributed by atoms with Gasteiger partial charge in [0.2, 0.25) is 0 Å². The molecule has 0 aliphatic rings. The molecular formula is C19H21NO. The van der Waals surface area contributed by atoms with Crippen molar-refractivity contribution in [3.8, 4) is 0 Å². The first kappa shape index (κ1) is 13.9. The average molecular weight is 279 g/mol. The zero-order chi connectivity index (χ0) is 14.7. The first-order valence-electron chi connectivity index (χ1n) is 7.56. The summed E-state index contributed by atoms with van der Waals surface area (Å²) < 4.78 is 5.85. The highest BCUT2D eigenvalue weighted by atomic mass is 16.3. The van der Waals surface area contributed by atoms with Gasteiger partial charge < -0.3 is 9.73 Å². The fraction of sp³-hybridized carbons (Fsp3) is 0.263. The number of hydrogen-bond acceptors (Lipinski definition) is 2. The fourth-order valence-electron chi connectivity index (χ4n) is 2.67. The van der Waals surface area contributed by atoms with Gasteiger partial charge in [-0.2, -0.15) is 0 Å². The lowest BCUT2D eigenvalue weighted by molar-refractivity contribution is 0.430. The van der Waals surface area contributed by atoms with Crippen molar-refractivity contribution >= 4 is 10.8 Å². The molecule has 0 aliphatic carbocycles. The zero-order valence-electron chi connectivity index (χ0n) is 12.6. The van der Waals surface area contributed by atoms with E-state index in [0.29, 0.717) is 0 Å². The molecule has 0 spiro atoms. The van der Waals surface area contributed by atoms with E-state index in [-0.39, 0.29) is 6.04 Å². The maximum atomic E-state index is 5.85. The SMILES string of the molecule is CCCNC(c1ccc2ccccc2c1)c1ccc(C)o1. The Morgan fingerprint density at radius 2 is 1.81 bits per heavy atom. The number of aryl methyl sites for hydroxylation is 1. The van der Waals surface area contributed by atoms with Gasteiger partial charge in [-0.3, -0.25) is 0 Å². The Morgan fingerprint density at radius 1 is 1.00 bits per heavy atom. The highest BCUT2D eigenvalue weighted by Crippen LogP contribution is 2.27. The summed E-state index contributed by atoms with van der Waals surface area (Å²) in [6.07, 6.45) is 1.10. The second-order valence-electron chi connectivity index (χ2n) is 5.44. The molecule has 1 aromatic heterocycles. The van der Waals surface area contributed by atoms with Crippen molar-refractivity contribution in [3.05, 3.63) is 71.7 Å². The van der Waals surface area contributed by atoms with Gasteiger partial charge in [0.05, 0.1) is 6.04 Å². The molecule has 2 nitrogen and oxygen atoms in total. The van der Waals surface area contributed by atoms with Crippen molar-refractivity contribution in [3.63, 3.8) is 0 Å². The summed E-state index contributed by atoms with van der Waals surface area (Å²) in [6, 6.07) is 19.3. The van der Waals surface area contributed by atoms with Crippen LogP contribution in [0.3, 0.4) is 0 Å². The second kappa shape index (κ2) is 6.15. The van der Waals surface area contributed by atoms with Crippen molar-refractivity contribution in [2.75, 3.05) is 6.54 Å². The number of fused-ring (bicyclic) bond motifs is 1. The molecule has 0 bridgehead atoms. The van der Waals surface area contributed by atoms with E-state index in [1.165, 1.54) is 16.3 Å². The third-order valence-electron chi connectivity index (χ3n) is 3.75. The molecule has 108 valence electrons. The van der Waals surface area contributed by atoms with Gasteiger partial charge in [-0.15, -0.1) is 0 Å².